The fraction of sp³-hybridized carbons (Fsp3) is 0.308. The number of hydrogen-bond donors (Lipinski definition) is 2. The highest BCUT2D eigenvalue weighted by molar-refractivity contribution is 9.10. The molecule has 0 aliphatic heterocycles. The fourth-order valence-corrected chi connectivity index (χ4v) is 3.50. The van der Waals surface area contributed by atoms with Gasteiger partial charge in [-0.05, 0) is 30.4 Å². The first kappa shape index (κ1) is 16.4. The molecule has 1 amide bonds. The Labute approximate surface area is 139 Å². The molecule has 0 fully saturated rings. The van der Waals surface area contributed by atoms with Gasteiger partial charge in [0.15, 0.2) is 4.34 Å². The summed E-state index contributed by atoms with van der Waals surface area (Å²) in [5.74, 6) is 0.602. The van der Waals surface area contributed by atoms with Crippen molar-refractivity contribution in [3.8, 4) is 0 Å². The molecule has 0 aliphatic carbocycles. The molecule has 1 aromatic heterocycles. The first-order valence-electron chi connectivity index (χ1n) is 6.26. The van der Waals surface area contributed by atoms with Gasteiger partial charge in [0.05, 0.1) is 0 Å². The van der Waals surface area contributed by atoms with Crippen molar-refractivity contribution in [1.82, 2.24) is 10.2 Å². The SMILES string of the molecule is CCSc1nnc(NC(=O)C(C)(N)c2ccc(Br)cc2)s1. The number of nitrogens with zero attached hydrogens (tertiary/aromatic N) is 2. The highest BCUT2D eigenvalue weighted by Crippen LogP contribution is 2.27. The van der Waals surface area contributed by atoms with Crippen LogP contribution in [0.2, 0.25) is 0 Å². The fourth-order valence-electron chi connectivity index (χ4n) is 1.60. The zero-order chi connectivity index (χ0) is 15.5. The number of halogens is 1. The monoisotopic (exact) mass is 386 g/mol. The molecule has 0 bridgehead atoms. The summed E-state index contributed by atoms with van der Waals surface area (Å²) >= 11 is 6.29. The second-order valence-corrected chi connectivity index (χ2v) is 7.87. The van der Waals surface area contributed by atoms with E-state index < -0.39 is 5.54 Å². The van der Waals surface area contributed by atoms with Crippen LogP contribution < -0.4 is 11.1 Å². The Kier molecular flexibility index (Phi) is 5.37. The van der Waals surface area contributed by atoms with Crippen molar-refractivity contribution in [2.45, 2.75) is 23.7 Å². The van der Waals surface area contributed by atoms with Gasteiger partial charge in [0, 0.05) is 4.47 Å². The van der Waals surface area contributed by atoms with E-state index in [0.717, 1.165) is 20.1 Å². The number of hydrogen-bond acceptors (Lipinski definition) is 6. The first-order chi connectivity index (χ1) is 9.93. The number of anilines is 1. The lowest BCUT2D eigenvalue weighted by Gasteiger charge is -2.23. The summed E-state index contributed by atoms with van der Waals surface area (Å²) in [6, 6.07) is 7.35. The molecule has 3 N–H and O–H groups in total. The number of thioether (sulfide) groups is 1. The van der Waals surface area contributed by atoms with Crippen LogP contribution in [0.4, 0.5) is 5.13 Å². The van der Waals surface area contributed by atoms with Gasteiger partial charge in [-0.2, -0.15) is 0 Å². The van der Waals surface area contributed by atoms with E-state index in [1.165, 1.54) is 11.3 Å². The number of nitrogens with two attached hydrogens (primary N) is 1. The van der Waals surface area contributed by atoms with Gasteiger partial charge >= 0.3 is 0 Å². The van der Waals surface area contributed by atoms with E-state index in [-0.39, 0.29) is 5.91 Å². The lowest BCUT2D eigenvalue weighted by atomic mass is 9.92. The topological polar surface area (TPSA) is 80.9 Å². The zero-order valence-electron chi connectivity index (χ0n) is 11.6. The van der Waals surface area contributed by atoms with E-state index in [2.05, 4.69) is 31.4 Å². The maximum Gasteiger partial charge on any atom is 0.250 e. The molecule has 1 atom stereocenters. The predicted octanol–water partition coefficient (Wildman–Crippen LogP) is 3.23. The summed E-state index contributed by atoms with van der Waals surface area (Å²) in [6.45, 7) is 3.71. The minimum absolute atomic E-state index is 0.311. The lowest BCUT2D eigenvalue weighted by Crippen LogP contribution is -2.45. The number of carbonyl (C=O) groups excluding carboxylic acids is 1. The summed E-state index contributed by atoms with van der Waals surface area (Å²) in [5.41, 5.74) is 5.77. The first-order valence-corrected chi connectivity index (χ1v) is 8.85. The van der Waals surface area contributed by atoms with Crippen molar-refractivity contribution < 1.29 is 4.79 Å². The van der Waals surface area contributed by atoms with Crippen molar-refractivity contribution in [3.63, 3.8) is 0 Å². The second kappa shape index (κ2) is 6.87. The maximum atomic E-state index is 12.4. The van der Waals surface area contributed by atoms with Crippen molar-refractivity contribution in [2.75, 3.05) is 11.1 Å². The smallest absolute Gasteiger partial charge is 0.250 e. The summed E-state index contributed by atoms with van der Waals surface area (Å²) in [7, 11) is 0. The molecule has 0 saturated carbocycles. The van der Waals surface area contributed by atoms with E-state index in [4.69, 9.17) is 5.73 Å². The lowest BCUT2D eigenvalue weighted by molar-refractivity contribution is -0.120. The van der Waals surface area contributed by atoms with Gasteiger partial charge in [-0.1, -0.05) is 58.1 Å². The highest BCUT2D eigenvalue weighted by Gasteiger charge is 2.31. The van der Waals surface area contributed by atoms with Crippen molar-refractivity contribution >= 4 is 50.1 Å². The van der Waals surface area contributed by atoms with Crippen LogP contribution in [0, 0.1) is 0 Å². The Hall–Kier alpha value is -0.960. The number of aromatic nitrogens is 2. The third kappa shape index (κ3) is 4.03. The molecule has 5 nitrogen and oxygen atoms in total. The number of amides is 1. The molecule has 0 radical (unpaired) electrons. The van der Waals surface area contributed by atoms with E-state index >= 15 is 0 Å². The number of benzene rings is 1. The highest BCUT2D eigenvalue weighted by atomic mass is 79.9. The predicted molar refractivity (Wildman–Crippen MR) is 90.6 cm³/mol. The van der Waals surface area contributed by atoms with Crippen molar-refractivity contribution in [3.05, 3.63) is 34.3 Å². The van der Waals surface area contributed by atoms with Crippen LogP contribution in [-0.4, -0.2) is 21.9 Å². The molecule has 2 rings (SSSR count). The van der Waals surface area contributed by atoms with Crippen LogP contribution in [0.5, 0.6) is 0 Å². The molecular weight excluding hydrogens is 372 g/mol. The van der Waals surface area contributed by atoms with Crippen molar-refractivity contribution in [1.29, 1.82) is 0 Å². The Morgan fingerprint density at radius 3 is 2.71 bits per heavy atom. The Bertz CT molecular complexity index is 627. The molecule has 112 valence electrons. The summed E-state index contributed by atoms with van der Waals surface area (Å²) in [6.07, 6.45) is 0. The molecule has 21 heavy (non-hydrogen) atoms. The van der Waals surface area contributed by atoms with Crippen molar-refractivity contribution in [2.24, 2.45) is 5.73 Å². The van der Waals surface area contributed by atoms with Gasteiger partial charge in [0.25, 0.3) is 5.91 Å². The average molecular weight is 387 g/mol. The molecule has 0 saturated heterocycles. The Balaban J connectivity index is 2.12. The molecule has 0 spiro atoms. The van der Waals surface area contributed by atoms with Gasteiger partial charge in [0.2, 0.25) is 5.13 Å². The van der Waals surface area contributed by atoms with Crippen LogP contribution in [0.1, 0.15) is 19.4 Å². The van der Waals surface area contributed by atoms with Gasteiger partial charge in [-0.25, -0.2) is 0 Å². The van der Waals surface area contributed by atoms with Gasteiger partial charge in [0.1, 0.15) is 5.54 Å². The zero-order valence-corrected chi connectivity index (χ0v) is 14.8. The normalized spacial score (nSPS) is 13.7. The molecule has 1 aromatic carbocycles. The number of nitrogens with one attached hydrogen (secondary N) is 1. The number of rotatable bonds is 5. The summed E-state index contributed by atoms with van der Waals surface area (Å²) in [4.78, 5) is 12.4. The Morgan fingerprint density at radius 2 is 2.10 bits per heavy atom. The molecule has 2 aromatic rings. The van der Waals surface area contributed by atoms with Crippen LogP contribution in [0.3, 0.4) is 0 Å². The third-order valence-electron chi connectivity index (χ3n) is 2.81. The summed E-state index contributed by atoms with van der Waals surface area (Å²) < 4.78 is 1.77. The summed E-state index contributed by atoms with van der Waals surface area (Å²) in [5, 5.41) is 11.1. The van der Waals surface area contributed by atoms with Crippen LogP contribution in [0.15, 0.2) is 33.1 Å². The quantitative estimate of drug-likeness (QED) is 0.608. The average Bonchev–Trinajstić information content (AvgIpc) is 2.87. The van der Waals surface area contributed by atoms with Crippen LogP contribution in [-0.2, 0) is 10.3 Å². The van der Waals surface area contributed by atoms with Crippen LogP contribution in [0.25, 0.3) is 0 Å². The van der Waals surface area contributed by atoms with E-state index in [0.29, 0.717) is 5.13 Å². The molecule has 8 heteroatoms. The largest absolute Gasteiger partial charge is 0.314 e. The van der Waals surface area contributed by atoms with Gasteiger partial charge in [-0.3, -0.25) is 10.1 Å². The standard InChI is InChI=1S/C13H15BrN4OS2/c1-3-20-12-18-17-11(21-12)16-10(19)13(2,15)8-4-6-9(14)7-5-8/h4-7H,3,15H2,1-2H3,(H,16,17,19). The van der Waals surface area contributed by atoms with Gasteiger partial charge in [-0.15, -0.1) is 10.2 Å². The minimum atomic E-state index is -1.13. The number of carbonyl (C=O) groups is 1. The minimum Gasteiger partial charge on any atom is -0.314 e. The second-order valence-electron chi connectivity index (χ2n) is 4.47. The van der Waals surface area contributed by atoms with Gasteiger partial charge < -0.3 is 5.73 Å². The maximum absolute atomic E-state index is 12.4. The molecule has 1 heterocycles. The van der Waals surface area contributed by atoms with E-state index in [1.54, 1.807) is 18.7 Å². The van der Waals surface area contributed by atoms with Crippen LogP contribution >= 0.6 is 39.0 Å². The molecule has 0 aliphatic rings. The van der Waals surface area contributed by atoms with E-state index in [9.17, 15) is 4.79 Å². The molecule has 1 unspecified atom stereocenters. The Morgan fingerprint density at radius 1 is 1.43 bits per heavy atom. The molecular formula is C13H15BrN4OS2. The van der Waals surface area contributed by atoms with E-state index in [1.807, 2.05) is 31.2 Å². The third-order valence-corrected chi connectivity index (χ3v) is 5.19.